The van der Waals surface area contributed by atoms with E-state index in [1.807, 2.05) is 6.92 Å². The summed E-state index contributed by atoms with van der Waals surface area (Å²) in [5.74, 6) is 2.39. The molecule has 1 N–H and O–H groups in total. The lowest BCUT2D eigenvalue weighted by molar-refractivity contribution is -0.123. The molecule has 2 aromatic heterocycles. The Bertz CT molecular complexity index is 1340. The Morgan fingerprint density at radius 3 is 2.60 bits per heavy atom. The third-order valence-electron chi connectivity index (χ3n) is 5.06. The quantitative estimate of drug-likeness (QED) is 0.332. The first-order valence-corrected chi connectivity index (χ1v) is 11.1. The van der Waals surface area contributed by atoms with Gasteiger partial charge in [-0.15, -0.1) is 15.3 Å². The van der Waals surface area contributed by atoms with Crippen molar-refractivity contribution in [2.75, 3.05) is 34.0 Å². The van der Waals surface area contributed by atoms with Gasteiger partial charge in [0.25, 0.3) is 5.91 Å². The summed E-state index contributed by atoms with van der Waals surface area (Å²) in [6.07, 6.45) is 0. The topological polar surface area (TPSA) is 109 Å². The molecule has 0 radical (unpaired) electrons. The molecule has 0 unspecified atom stereocenters. The zero-order chi connectivity index (χ0) is 24.8. The van der Waals surface area contributed by atoms with Gasteiger partial charge in [0, 0.05) is 11.1 Å². The van der Waals surface area contributed by atoms with Crippen molar-refractivity contribution in [3.63, 3.8) is 0 Å². The summed E-state index contributed by atoms with van der Waals surface area (Å²) < 4.78 is 23.5. The number of hydrogen-bond acceptors (Lipinski definition) is 8. The molecule has 10 nitrogen and oxygen atoms in total. The van der Waals surface area contributed by atoms with Crippen LogP contribution < -0.4 is 24.3 Å². The predicted octanol–water partition coefficient (Wildman–Crippen LogP) is 3.34. The molecule has 0 spiro atoms. The second kappa shape index (κ2) is 10.9. The van der Waals surface area contributed by atoms with Gasteiger partial charge in [-0.3, -0.25) is 4.79 Å². The lowest BCUT2D eigenvalue weighted by Crippen LogP contribution is -2.32. The van der Waals surface area contributed by atoms with Crippen molar-refractivity contribution in [3.8, 4) is 34.5 Å². The Morgan fingerprint density at radius 2 is 1.83 bits per heavy atom. The summed E-state index contributed by atoms with van der Waals surface area (Å²) in [6, 6.07) is 14.0. The fourth-order valence-corrected chi connectivity index (χ4v) is 3.38. The lowest BCUT2D eigenvalue weighted by Gasteiger charge is -2.10. The summed E-state index contributed by atoms with van der Waals surface area (Å²) in [5, 5.41) is 16.3. The second-order valence-electron chi connectivity index (χ2n) is 7.43. The minimum absolute atomic E-state index is 0.113. The molecular formula is C24H24ClN5O5. The van der Waals surface area contributed by atoms with E-state index in [9.17, 15) is 4.79 Å². The number of carbonyl (C=O) groups excluding carboxylic acids is 1. The molecule has 0 aliphatic heterocycles. The molecule has 0 saturated heterocycles. The maximum atomic E-state index is 12.1. The van der Waals surface area contributed by atoms with Crippen LogP contribution in [0.1, 0.15) is 5.56 Å². The van der Waals surface area contributed by atoms with Gasteiger partial charge < -0.3 is 24.3 Å². The smallest absolute Gasteiger partial charge is 0.258 e. The monoisotopic (exact) mass is 497 g/mol. The molecule has 2 heterocycles. The number of methoxy groups -OCH3 is 2. The maximum absolute atomic E-state index is 12.1. The maximum Gasteiger partial charge on any atom is 0.258 e. The molecule has 2 aromatic carbocycles. The number of nitrogens with one attached hydrogen (secondary N) is 1. The number of fused-ring (bicyclic) bond motifs is 1. The van der Waals surface area contributed by atoms with Crippen molar-refractivity contribution in [2.45, 2.75) is 6.92 Å². The van der Waals surface area contributed by atoms with E-state index in [0.29, 0.717) is 45.2 Å². The number of hydrogen-bond donors (Lipinski definition) is 1. The first-order chi connectivity index (χ1) is 17.0. The second-order valence-corrected chi connectivity index (χ2v) is 7.84. The molecule has 4 rings (SSSR count). The molecule has 0 aliphatic carbocycles. The number of halogens is 1. The van der Waals surface area contributed by atoms with Gasteiger partial charge in [-0.25, -0.2) is 0 Å². The Hall–Kier alpha value is -4.05. The lowest BCUT2D eigenvalue weighted by atomic mass is 10.2. The number of aromatic nitrogens is 4. The van der Waals surface area contributed by atoms with E-state index >= 15 is 0 Å². The number of carbonyl (C=O) groups is 1. The fourth-order valence-electron chi connectivity index (χ4n) is 3.26. The van der Waals surface area contributed by atoms with E-state index in [2.05, 4.69) is 20.6 Å². The molecule has 0 atom stereocenters. The normalized spacial score (nSPS) is 10.7. The minimum atomic E-state index is -0.268. The SMILES string of the molecule is COc1ccc(OC)c(-c2nnc3ccc(OCCNC(=O)COc4ccc(Cl)c(C)c4)nn23)c1. The molecule has 4 aromatic rings. The summed E-state index contributed by atoms with van der Waals surface area (Å²) in [7, 11) is 3.16. The number of ether oxygens (including phenoxy) is 4. The first-order valence-electron chi connectivity index (χ1n) is 10.7. The molecule has 0 saturated carbocycles. The van der Waals surface area contributed by atoms with Gasteiger partial charge in [0.2, 0.25) is 5.88 Å². The van der Waals surface area contributed by atoms with E-state index in [1.54, 1.807) is 67.3 Å². The highest BCUT2D eigenvalue weighted by molar-refractivity contribution is 6.31. The average molecular weight is 498 g/mol. The standard InChI is InChI=1S/C24H24ClN5O5/c1-15-12-17(4-6-19(15)25)35-14-22(31)26-10-11-34-23-9-8-21-27-28-24(30(21)29-23)18-13-16(32-2)5-7-20(18)33-3/h4-9,12-13H,10-11,14H2,1-3H3,(H,26,31). The summed E-state index contributed by atoms with van der Waals surface area (Å²) in [6.45, 7) is 2.25. The molecule has 182 valence electrons. The van der Waals surface area contributed by atoms with Crippen LogP contribution in [0.2, 0.25) is 5.02 Å². The van der Waals surface area contributed by atoms with Crippen molar-refractivity contribution in [1.29, 1.82) is 0 Å². The fraction of sp³-hybridized carbons (Fsp3) is 0.250. The number of rotatable bonds is 10. The van der Waals surface area contributed by atoms with Gasteiger partial charge in [0.1, 0.15) is 23.9 Å². The molecular weight excluding hydrogens is 474 g/mol. The van der Waals surface area contributed by atoms with Gasteiger partial charge >= 0.3 is 0 Å². The van der Waals surface area contributed by atoms with Gasteiger partial charge in [0.15, 0.2) is 18.1 Å². The average Bonchev–Trinajstić information content (AvgIpc) is 3.30. The Kier molecular flexibility index (Phi) is 7.51. The third kappa shape index (κ3) is 5.72. The van der Waals surface area contributed by atoms with Crippen LogP contribution in [0.4, 0.5) is 0 Å². The Morgan fingerprint density at radius 1 is 1.00 bits per heavy atom. The van der Waals surface area contributed by atoms with Crippen LogP contribution in [0.5, 0.6) is 23.1 Å². The zero-order valence-corrected chi connectivity index (χ0v) is 20.2. The molecule has 0 bridgehead atoms. The van der Waals surface area contributed by atoms with Crippen LogP contribution in [-0.2, 0) is 4.79 Å². The minimum Gasteiger partial charge on any atom is -0.497 e. The largest absolute Gasteiger partial charge is 0.497 e. The summed E-state index contributed by atoms with van der Waals surface area (Å²) in [5.41, 5.74) is 2.09. The van der Waals surface area contributed by atoms with E-state index in [1.165, 1.54) is 0 Å². The molecule has 0 fully saturated rings. The predicted molar refractivity (Wildman–Crippen MR) is 130 cm³/mol. The van der Waals surface area contributed by atoms with Crippen molar-refractivity contribution in [2.24, 2.45) is 0 Å². The molecule has 11 heteroatoms. The van der Waals surface area contributed by atoms with Gasteiger partial charge in [-0.05, 0) is 55.0 Å². The van der Waals surface area contributed by atoms with Crippen LogP contribution >= 0.6 is 11.6 Å². The summed E-state index contributed by atoms with van der Waals surface area (Å²) in [4.78, 5) is 12.1. The van der Waals surface area contributed by atoms with Crippen LogP contribution in [0.3, 0.4) is 0 Å². The third-order valence-corrected chi connectivity index (χ3v) is 5.48. The molecule has 1 amide bonds. The number of nitrogens with zero attached hydrogens (tertiary/aromatic N) is 4. The molecule has 35 heavy (non-hydrogen) atoms. The Labute approximate surface area is 206 Å². The van der Waals surface area contributed by atoms with Crippen LogP contribution in [0.25, 0.3) is 17.0 Å². The van der Waals surface area contributed by atoms with E-state index < -0.39 is 0 Å². The van der Waals surface area contributed by atoms with Gasteiger partial charge in [0.05, 0.1) is 26.3 Å². The zero-order valence-electron chi connectivity index (χ0n) is 19.4. The van der Waals surface area contributed by atoms with Gasteiger partial charge in [-0.1, -0.05) is 11.6 Å². The number of aryl methyl sites for hydroxylation is 1. The summed E-state index contributed by atoms with van der Waals surface area (Å²) >= 11 is 6.00. The van der Waals surface area contributed by atoms with Crippen molar-refractivity contribution in [3.05, 3.63) is 59.1 Å². The highest BCUT2D eigenvalue weighted by Crippen LogP contribution is 2.32. The van der Waals surface area contributed by atoms with E-state index in [0.717, 1.165) is 5.56 Å². The van der Waals surface area contributed by atoms with Gasteiger partial charge in [-0.2, -0.15) is 4.52 Å². The van der Waals surface area contributed by atoms with Crippen molar-refractivity contribution in [1.82, 2.24) is 25.1 Å². The number of amides is 1. The van der Waals surface area contributed by atoms with Crippen LogP contribution in [0.15, 0.2) is 48.5 Å². The van der Waals surface area contributed by atoms with Crippen LogP contribution in [0, 0.1) is 6.92 Å². The number of benzene rings is 2. The molecule has 0 aliphatic rings. The van der Waals surface area contributed by atoms with E-state index in [-0.39, 0.29) is 25.7 Å². The Balaban J connectivity index is 1.35. The van der Waals surface area contributed by atoms with Crippen LogP contribution in [-0.4, -0.2) is 59.7 Å². The van der Waals surface area contributed by atoms with Crippen molar-refractivity contribution >= 4 is 23.2 Å². The first kappa shape index (κ1) is 24.1. The van der Waals surface area contributed by atoms with E-state index in [4.69, 9.17) is 30.5 Å². The highest BCUT2D eigenvalue weighted by Gasteiger charge is 2.16. The highest BCUT2D eigenvalue weighted by atomic mass is 35.5. The van der Waals surface area contributed by atoms with Crippen molar-refractivity contribution < 1.29 is 23.7 Å².